The fourth-order valence-electron chi connectivity index (χ4n) is 3.07. The fraction of sp³-hybridized carbons (Fsp3) is 0.316. The number of nitrogens with zero attached hydrogens (tertiary/aromatic N) is 1. The number of hydrogen-bond acceptors (Lipinski definition) is 2. The van der Waals surface area contributed by atoms with Gasteiger partial charge < -0.3 is 10.2 Å². The van der Waals surface area contributed by atoms with Crippen molar-refractivity contribution in [1.29, 1.82) is 0 Å². The molecule has 3 heteroatoms. The molecule has 2 aromatic carbocycles. The molecule has 0 aliphatic heterocycles. The Morgan fingerprint density at radius 3 is 2.77 bits per heavy atom. The molecule has 22 heavy (non-hydrogen) atoms. The summed E-state index contributed by atoms with van der Waals surface area (Å²) in [5, 5.41) is 3.20. The Morgan fingerprint density at radius 2 is 1.95 bits per heavy atom. The van der Waals surface area contributed by atoms with Crippen LogP contribution in [0, 0.1) is 0 Å². The number of benzene rings is 2. The van der Waals surface area contributed by atoms with E-state index in [-0.39, 0.29) is 11.9 Å². The van der Waals surface area contributed by atoms with E-state index in [4.69, 9.17) is 0 Å². The average molecular weight is 294 g/mol. The van der Waals surface area contributed by atoms with Crippen LogP contribution in [0.25, 0.3) is 0 Å². The van der Waals surface area contributed by atoms with Crippen molar-refractivity contribution < 1.29 is 4.79 Å². The molecule has 2 aromatic rings. The van der Waals surface area contributed by atoms with E-state index in [2.05, 4.69) is 29.6 Å². The topological polar surface area (TPSA) is 32.3 Å². The molecule has 114 valence electrons. The predicted molar refractivity (Wildman–Crippen MR) is 90.4 cm³/mol. The van der Waals surface area contributed by atoms with Crippen molar-refractivity contribution in [3.8, 4) is 0 Å². The third-order valence-electron chi connectivity index (χ3n) is 4.30. The second kappa shape index (κ2) is 6.22. The van der Waals surface area contributed by atoms with Crippen LogP contribution in [-0.4, -0.2) is 20.0 Å². The highest BCUT2D eigenvalue weighted by molar-refractivity contribution is 5.95. The molecule has 3 rings (SSSR count). The highest BCUT2D eigenvalue weighted by Gasteiger charge is 2.21. The summed E-state index contributed by atoms with van der Waals surface area (Å²) >= 11 is 0. The minimum Gasteiger partial charge on any atom is -0.378 e. The van der Waals surface area contributed by atoms with Crippen molar-refractivity contribution in [2.24, 2.45) is 0 Å². The molecule has 1 aliphatic carbocycles. The number of aryl methyl sites for hydroxylation is 1. The van der Waals surface area contributed by atoms with Crippen LogP contribution in [0.1, 0.15) is 40.4 Å². The summed E-state index contributed by atoms with van der Waals surface area (Å²) in [6, 6.07) is 16.3. The molecule has 0 bridgehead atoms. The Morgan fingerprint density at radius 1 is 1.14 bits per heavy atom. The smallest absolute Gasteiger partial charge is 0.251 e. The molecule has 1 N–H and O–H groups in total. The summed E-state index contributed by atoms with van der Waals surface area (Å²) in [6.07, 6.45) is 3.24. The van der Waals surface area contributed by atoms with Gasteiger partial charge >= 0.3 is 0 Å². The van der Waals surface area contributed by atoms with Crippen LogP contribution in [0.3, 0.4) is 0 Å². The molecule has 0 fully saturated rings. The van der Waals surface area contributed by atoms with Gasteiger partial charge in [-0.25, -0.2) is 0 Å². The molecule has 0 unspecified atom stereocenters. The summed E-state index contributed by atoms with van der Waals surface area (Å²) in [6.45, 7) is 0. The largest absolute Gasteiger partial charge is 0.378 e. The quantitative estimate of drug-likeness (QED) is 0.938. The first-order chi connectivity index (χ1) is 10.6. The number of carbonyl (C=O) groups excluding carboxylic acids is 1. The van der Waals surface area contributed by atoms with Crippen molar-refractivity contribution >= 4 is 11.6 Å². The van der Waals surface area contributed by atoms with Gasteiger partial charge in [-0.1, -0.05) is 30.3 Å². The van der Waals surface area contributed by atoms with E-state index in [1.54, 1.807) is 0 Å². The maximum Gasteiger partial charge on any atom is 0.251 e. The molecule has 0 saturated heterocycles. The summed E-state index contributed by atoms with van der Waals surface area (Å²) in [4.78, 5) is 14.6. The summed E-state index contributed by atoms with van der Waals surface area (Å²) in [5.41, 5.74) is 4.39. The Hall–Kier alpha value is -2.29. The Bertz CT molecular complexity index is 679. The Balaban J connectivity index is 1.79. The first-order valence-corrected chi connectivity index (χ1v) is 7.81. The Kier molecular flexibility index (Phi) is 4.14. The SMILES string of the molecule is CN(C)c1cccc(C(=O)N[C@H]2CCCc3ccccc32)c1. The average Bonchev–Trinajstić information content (AvgIpc) is 2.55. The third-order valence-corrected chi connectivity index (χ3v) is 4.30. The first-order valence-electron chi connectivity index (χ1n) is 7.81. The van der Waals surface area contributed by atoms with Gasteiger partial charge in [0.15, 0.2) is 0 Å². The first kappa shape index (κ1) is 14.6. The van der Waals surface area contributed by atoms with Crippen LogP contribution >= 0.6 is 0 Å². The number of hydrogen-bond donors (Lipinski definition) is 1. The van der Waals surface area contributed by atoms with Gasteiger partial charge in [0.25, 0.3) is 5.91 Å². The second-order valence-corrected chi connectivity index (χ2v) is 6.06. The zero-order valence-electron chi connectivity index (χ0n) is 13.2. The van der Waals surface area contributed by atoms with Gasteiger partial charge in [0.1, 0.15) is 0 Å². The van der Waals surface area contributed by atoms with E-state index >= 15 is 0 Å². The van der Waals surface area contributed by atoms with Gasteiger partial charge in [-0.15, -0.1) is 0 Å². The maximum atomic E-state index is 12.6. The van der Waals surface area contributed by atoms with Crippen LogP contribution in [-0.2, 0) is 6.42 Å². The minimum absolute atomic E-state index is 0.00500. The number of carbonyl (C=O) groups is 1. The minimum atomic E-state index is 0.00500. The van der Waals surface area contributed by atoms with E-state index in [1.807, 2.05) is 43.3 Å². The van der Waals surface area contributed by atoms with E-state index in [0.29, 0.717) is 5.56 Å². The van der Waals surface area contributed by atoms with Crippen LogP contribution < -0.4 is 10.2 Å². The van der Waals surface area contributed by atoms with E-state index in [0.717, 1.165) is 24.9 Å². The molecule has 0 aromatic heterocycles. The molecule has 1 atom stereocenters. The number of fused-ring (bicyclic) bond motifs is 1. The monoisotopic (exact) mass is 294 g/mol. The summed E-state index contributed by atoms with van der Waals surface area (Å²) in [5.74, 6) is 0.00500. The van der Waals surface area contributed by atoms with Gasteiger partial charge in [0.2, 0.25) is 0 Å². The lowest BCUT2D eigenvalue weighted by Gasteiger charge is -2.26. The summed E-state index contributed by atoms with van der Waals surface area (Å²) in [7, 11) is 3.96. The van der Waals surface area contributed by atoms with Crippen LogP contribution in [0.5, 0.6) is 0 Å². The molecular weight excluding hydrogens is 272 g/mol. The van der Waals surface area contributed by atoms with Gasteiger partial charge in [0, 0.05) is 25.3 Å². The number of nitrogens with one attached hydrogen (secondary N) is 1. The zero-order chi connectivity index (χ0) is 15.5. The normalized spacial score (nSPS) is 16.7. The number of anilines is 1. The van der Waals surface area contributed by atoms with Crippen molar-refractivity contribution in [1.82, 2.24) is 5.32 Å². The molecule has 1 aliphatic rings. The van der Waals surface area contributed by atoms with Crippen LogP contribution in [0.2, 0.25) is 0 Å². The van der Waals surface area contributed by atoms with Crippen LogP contribution in [0.4, 0.5) is 5.69 Å². The maximum absolute atomic E-state index is 12.6. The molecule has 3 nitrogen and oxygen atoms in total. The van der Waals surface area contributed by atoms with Crippen molar-refractivity contribution in [3.05, 3.63) is 65.2 Å². The van der Waals surface area contributed by atoms with Crippen molar-refractivity contribution in [3.63, 3.8) is 0 Å². The lowest BCUT2D eigenvalue weighted by molar-refractivity contribution is 0.0933. The fourth-order valence-corrected chi connectivity index (χ4v) is 3.07. The van der Waals surface area contributed by atoms with E-state index in [9.17, 15) is 4.79 Å². The van der Waals surface area contributed by atoms with Crippen LogP contribution in [0.15, 0.2) is 48.5 Å². The molecule has 0 spiro atoms. The molecule has 1 amide bonds. The second-order valence-electron chi connectivity index (χ2n) is 6.06. The molecule has 0 radical (unpaired) electrons. The third kappa shape index (κ3) is 2.98. The molecule has 0 heterocycles. The zero-order valence-corrected chi connectivity index (χ0v) is 13.2. The lowest BCUT2D eigenvalue weighted by atomic mass is 9.87. The van der Waals surface area contributed by atoms with Crippen molar-refractivity contribution in [2.75, 3.05) is 19.0 Å². The highest BCUT2D eigenvalue weighted by Crippen LogP contribution is 2.29. The highest BCUT2D eigenvalue weighted by atomic mass is 16.1. The van der Waals surface area contributed by atoms with E-state index in [1.165, 1.54) is 11.1 Å². The lowest BCUT2D eigenvalue weighted by Crippen LogP contribution is -2.31. The number of rotatable bonds is 3. The van der Waals surface area contributed by atoms with Crippen molar-refractivity contribution in [2.45, 2.75) is 25.3 Å². The summed E-state index contributed by atoms with van der Waals surface area (Å²) < 4.78 is 0. The van der Waals surface area contributed by atoms with Gasteiger partial charge in [-0.2, -0.15) is 0 Å². The Labute approximate surface area is 132 Å². The molecule has 0 saturated carbocycles. The predicted octanol–water partition coefficient (Wildman–Crippen LogP) is 3.56. The van der Waals surface area contributed by atoms with Gasteiger partial charge in [-0.05, 0) is 48.6 Å². The van der Waals surface area contributed by atoms with E-state index < -0.39 is 0 Å². The number of amides is 1. The standard InChI is InChI=1S/C19H22N2O/c1-21(2)16-10-5-9-15(13-16)19(22)20-18-12-6-8-14-7-3-4-11-17(14)18/h3-5,7,9-11,13,18H,6,8,12H2,1-2H3,(H,20,22)/t18-/m0/s1. The van der Waals surface area contributed by atoms with Gasteiger partial charge in [0.05, 0.1) is 6.04 Å². The van der Waals surface area contributed by atoms with Gasteiger partial charge in [-0.3, -0.25) is 4.79 Å². The molecular formula is C19H22N2O.